The molecule has 0 amide bonds. The first-order chi connectivity index (χ1) is 9.79. The van der Waals surface area contributed by atoms with E-state index in [0.29, 0.717) is 28.8 Å². The molecule has 1 aliphatic rings. The van der Waals surface area contributed by atoms with E-state index in [9.17, 15) is 8.42 Å². The predicted molar refractivity (Wildman–Crippen MR) is 89.2 cm³/mol. The van der Waals surface area contributed by atoms with E-state index in [4.69, 9.17) is 18.0 Å². The Morgan fingerprint density at radius 2 is 1.76 bits per heavy atom. The minimum atomic E-state index is -3.25. The van der Waals surface area contributed by atoms with Gasteiger partial charge in [0.25, 0.3) is 0 Å². The third kappa shape index (κ3) is 4.02. The summed E-state index contributed by atoms with van der Waals surface area (Å²) in [5.74, 6) is 1.42. The Hall–Kier alpha value is -0.980. The Bertz CT molecular complexity index is 601. The Morgan fingerprint density at radius 3 is 2.24 bits per heavy atom. The van der Waals surface area contributed by atoms with Crippen LogP contribution in [0.25, 0.3) is 0 Å². The van der Waals surface area contributed by atoms with Crippen molar-refractivity contribution in [2.45, 2.75) is 18.7 Å². The maximum Gasteiger partial charge on any atom is 0.179 e. The van der Waals surface area contributed by atoms with Crippen LogP contribution in [0.1, 0.15) is 19.4 Å². The molecular weight excluding hydrogens is 304 g/mol. The number of hydrogen-bond acceptors (Lipinski definition) is 4. The first-order valence-electron chi connectivity index (χ1n) is 7.14. The van der Waals surface area contributed by atoms with Gasteiger partial charge in [-0.15, -0.1) is 0 Å². The smallest absolute Gasteiger partial charge is 0.179 e. The van der Waals surface area contributed by atoms with Crippen LogP contribution in [0.5, 0.6) is 0 Å². The highest BCUT2D eigenvalue weighted by Crippen LogP contribution is 2.22. The number of likely N-dealkylation sites (tertiary alicyclic amines) is 1. The second kappa shape index (κ2) is 6.42. The van der Waals surface area contributed by atoms with E-state index >= 15 is 0 Å². The van der Waals surface area contributed by atoms with E-state index in [2.05, 4.69) is 18.7 Å². The molecule has 4 nitrogen and oxygen atoms in total. The van der Waals surface area contributed by atoms with Crippen LogP contribution >= 0.6 is 12.2 Å². The van der Waals surface area contributed by atoms with Gasteiger partial charge in [0.1, 0.15) is 4.99 Å². The number of rotatable bonds is 5. The molecular formula is C15H22N2O2S2. The normalized spacial score (nSPS) is 23.3. The van der Waals surface area contributed by atoms with Gasteiger partial charge in [0, 0.05) is 25.2 Å². The lowest BCUT2D eigenvalue weighted by atomic mass is 10.0. The average molecular weight is 326 g/mol. The van der Waals surface area contributed by atoms with Crippen molar-refractivity contribution in [1.82, 2.24) is 4.90 Å². The highest BCUT2D eigenvalue weighted by atomic mass is 32.2. The maximum atomic E-state index is 12.3. The van der Waals surface area contributed by atoms with Gasteiger partial charge in [-0.1, -0.05) is 38.2 Å². The van der Waals surface area contributed by atoms with E-state index < -0.39 is 9.84 Å². The zero-order valence-electron chi connectivity index (χ0n) is 12.5. The number of nitrogens with two attached hydrogens (primary N) is 1. The van der Waals surface area contributed by atoms with E-state index in [1.165, 1.54) is 0 Å². The van der Waals surface area contributed by atoms with Gasteiger partial charge in [-0.25, -0.2) is 8.42 Å². The van der Waals surface area contributed by atoms with Crippen LogP contribution in [0, 0.1) is 11.8 Å². The summed E-state index contributed by atoms with van der Waals surface area (Å²) in [5.41, 5.74) is 6.20. The molecule has 21 heavy (non-hydrogen) atoms. The standard InChI is InChI=1S/C15H22N2O2S2/c1-11-9-17(10-12(11)2)7-8-21(18,19)14-5-3-13(4-6-14)15(16)20/h3-6,11-12H,7-10H2,1-2H3,(H2,16,20). The minimum absolute atomic E-state index is 0.152. The molecule has 2 N–H and O–H groups in total. The molecule has 116 valence electrons. The van der Waals surface area contributed by atoms with Crippen molar-refractivity contribution in [3.05, 3.63) is 29.8 Å². The first kappa shape index (κ1) is 16.4. The van der Waals surface area contributed by atoms with Crippen molar-refractivity contribution >= 4 is 27.0 Å². The van der Waals surface area contributed by atoms with Crippen LogP contribution in [0.15, 0.2) is 29.2 Å². The SMILES string of the molecule is CC1CN(CCS(=O)(=O)c2ccc(C(N)=S)cc2)CC1C. The summed E-state index contributed by atoms with van der Waals surface area (Å²) in [6, 6.07) is 6.49. The van der Waals surface area contributed by atoms with E-state index in [1.54, 1.807) is 24.3 Å². The molecule has 1 aromatic carbocycles. The van der Waals surface area contributed by atoms with Crippen LogP contribution in [0.4, 0.5) is 0 Å². The molecule has 1 aromatic rings. The minimum Gasteiger partial charge on any atom is -0.389 e. The summed E-state index contributed by atoms with van der Waals surface area (Å²) in [5, 5.41) is 0. The molecule has 6 heteroatoms. The van der Waals surface area contributed by atoms with Crippen molar-refractivity contribution in [3.63, 3.8) is 0 Å². The molecule has 1 aliphatic heterocycles. The van der Waals surface area contributed by atoms with E-state index in [0.717, 1.165) is 13.1 Å². The topological polar surface area (TPSA) is 63.4 Å². The van der Waals surface area contributed by atoms with Gasteiger partial charge in [-0.3, -0.25) is 0 Å². The Labute approximate surface area is 132 Å². The maximum absolute atomic E-state index is 12.3. The number of thiocarbonyl (C=S) groups is 1. The Morgan fingerprint density at radius 1 is 1.24 bits per heavy atom. The molecule has 0 bridgehead atoms. The highest BCUT2D eigenvalue weighted by molar-refractivity contribution is 7.91. The Kier molecular flexibility index (Phi) is 5.01. The van der Waals surface area contributed by atoms with Gasteiger partial charge in [0.2, 0.25) is 0 Å². The second-order valence-electron chi connectivity index (χ2n) is 5.92. The predicted octanol–water partition coefficient (Wildman–Crippen LogP) is 1.68. The van der Waals surface area contributed by atoms with Crippen LogP contribution < -0.4 is 5.73 Å². The zero-order chi connectivity index (χ0) is 15.6. The number of hydrogen-bond donors (Lipinski definition) is 1. The number of benzene rings is 1. The fraction of sp³-hybridized carbons (Fsp3) is 0.533. The summed E-state index contributed by atoms with van der Waals surface area (Å²) in [4.78, 5) is 2.85. The lowest BCUT2D eigenvalue weighted by molar-refractivity contribution is 0.343. The molecule has 2 atom stereocenters. The monoisotopic (exact) mass is 326 g/mol. The first-order valence-corrected chi connectivity index (χ1v) is 9.20. The molecule has 0 spiro atoms. The van der Waals surface area contributed by atoms with Crippen LogP contribution in [0.3, 0.4) is 0 Å². The van der Waals surface area contributed by atoms with E-state index in [-0.39, 0.29) is 10.7 Å². The molecule has 0 saturated carbocycles. The van der Waals surface area contributed by atoms with Gasteiger partial charge >= 0.3 is 0 Å². The zero-order valence-corrected chi connectivity index (χ0v) is 14.1. The molecule has 0 radical (unpaired) electrons. The summed E-state index contributed by atoms with van der Waals surface area (Å²) in [6.45, 7) is 6.99. The van der Waals surface area contributed by atoms with E-state index in [1.807, 2.05) is 0 Å². The van der Waals surface area contributed by atoms with Crippen molar-refractivity contribution in [1.29, 1.82) is 0 Å². The number of sulfone groups is 1. The van der Waals surface area contributed by atoms with Crippen molar-refractivity contribution < 1.29 is 8.42 Å². The Balaban J connectivity index is 2.00. The quantitative estimate of drug-likeness (QED) is 0.834. The largest absolute Gasteiger partial charge is 0.389 e. The molecule has 2 unspecified atom stereocenters. The second-order valence-corrected chi connectivity index (χ2v) is 8.47. The molecule has 1 saturated heterocycles. The van der Waals surface area contributed by atoms with Gasteiger partial charge < -0.3 is 10.6 Å². The summed E-state index contributed by atoms with van der Waals surface area (Å²) >= 11 is 4.87. The van der Waals surface area contributed by atoms with Crippen LogP contribution in [-0.2, 0) is 9.84 Å². The molecule has 0 aliphatic carbocycles. The van der Waals surface area contributed by atoms with Crippen LogP contribution in [-0.4, -0.2) is 43.7 Å². The van der Waals surface area contributed by atoms with Crippen molar-refractivity contribution in [2.75, 3.05) is 25.4 Å². The molecule has 2 rings (SSSR count). The van der Waals surface area contributed by atoms with Crippen molar-refractivity contribution in [3.8, 4) is 0 Å². The van der Waals surface area contributed by atoms with Gasteiger partial charge in [-0.05, 0) is 24.0 Å². The summed E-state index contributed by atoms with van der Waals surface area (Å²) < 4.78 is 24.7. The third-order valence-corrected chi connectivity index (χ3v) is 6.18. The fourth-order valence-corrected chi connectivity index (χ4v) is 4.05. The fourth-order valence-electron chi connectivity index (χ4n) is 2.63. The van der Waals surface area contributed by atoms with Gasteiger partial charge in [-0.2, -0.15) is 0 Å². The average Bonchev–Trinajstić information content (AvgIpc) is 2.76. The summed E-state index contributed by atoms with van der Waals surface area (Å²) in [6.07, 6.45) is 0. The lowest BCUT2D eigenvalue weighted by Gasteiger charge is -2.15. The lowest BCUT2D eigenvalue weighted by Crippen LogP contribution is -2.27. The molecule has 1 heterocycles. The summed E-state index contributed by atoms with van der Waals surface area (Å²) in [7, 11) is -3.25. The van der Waals surface area contributed by atoms with Gasteiger partial charge in [0.05, 0.1) is 10.6 Å². The molecule has 0 aromatic heterocycles. The van der Waals surface area contributed by atoms with Crippen molar-refractivity contribution in [2.24, 2.45) is 17.6 Å². The number of nitrogens with zero attached hydrogens (tertiary/aromatic N) is 1. The van der Waals surface area contributed by atoms with Crippen LogP contribution in [0.2, 0.25) is 0 Å². The third-order valence-electron chi connectivity index (χ3n) is 4.24. The molecule has 1 fully saturated rings. The highest BCUT2D eigenvalue weighted by Gasteiger charge is 2.27. The van der Waals surface area contributed by atoms with Gasteiger partial charge in [0.15, 0.2) is 9.84 Å².